The summed E-state index contributed by atoms with van der Waals surface area (Å²) in [6.07, 6.45) is 0. The molecule has 4 aromatic rings. The summed E-state index contributed by atoms with van der Waals surface area (Å²) >= 11 is 7.14. The lowest BCUT2D eigenvalue weighted by Gasteiger charge is -2.06. The number of para-hydroxylation sites is 1. The summed E-state index contributed by atoms with van der Waals surface area (Å²) in [4.78, 5) is 22.0. The summed E-state index contributed by atoms with van der Waals surface area (Å²) in [6.45, 7) is 0. The number of primary sulfonamides is 1. The Labute approximate surface area is 202 Å². The number of halogens is 1. The Bertz CT molecular complexity index is 1760. The second kappa shape index (κ2) is 8.33. The molecule has 5 rings (SSSR count). The third-order valence-electron chi connectivity index (χ3n) is 5.11. The van der Waals surface area contributed by atoms with Gasteiger partial charge in [0.1, 0.15) is 4.88 Å². The van der Waals surface area contributed by atoms with Crippen LogP contribution in [0.4, 0.5) is 5.69 Å². The lowest BCUT2D eigenvalue weighted by molar-refractivity contribution is -0.112. The van der Waals surface area contributed by atoms with Crippen molar-refractivity contribution < 1.29 is 18.3 Å². The minimum absolute atomic E-state index is 0.0444. The van der Waals surface area contributed by atoms with Crippen LogP contribution >= 0.6 is 22.9 Å². The van der Waals surface area contributed by atoms with E-state index in [2.05, 4.69) is 9.98 Å². The van der Waals surface area contributed by atoms with E-state index in [0.29, 0.717) is 36.7 Å². The van der Waals surface area contributed by atoms with Gasteiger partial charge in [-0.05, 0) is 54.6 Å². The van der Waals surface area contributed by atoms with Gasteiger partial charge in [0.05, 0.1) is 27.2 Å². The molecular formula is C23H15ClN4O4S2. The van der Waals surface area contributed by atoms with E-state index < -0.39 is 15.9 Å². The first-order valence-corrected chi connectivity index (χ1v) is 12.6. The van der Waals surface area contributed by atoms with E-state index in [1.54, 1.807) is 48.5 Å². The summed E-state index contributed by atoms with van der Waals surface area (Å²) < 4.78 is 24.6. The van der Waals surface area contributed by atoms with Crippen LogP contribution in [0, 0.1) is 0 Å². The summed E-state index contributed by atoms with van der Waals surface area (Å²) in [5.74, 6) is -0.632. The molecular weight excluding hydrogens is 496 g/mol. The van der Waals surface area contributed by atoms with Gasteiger partial charge in [-0.3, -0.25) is 9.36 Å². The highest BCUT2D eigenvalue weighted by Crippen LogP contribution is 2.31. The van der Waals surface area contributed by atoms with Gasteiger partial charge in [-0.15, -0.1) is 0 Å². The molecule has 34 heavy (non-hydrogen) atoms. The highest BCUT2D eigenvalue weighted by molar-refractivity contribution is 7.89. The molecule has 3 aromatic carbocycles. The average Bonchev–Trinajstić information content (AvgIpc) is 3.29. The Balaban J connectivity index is 1.77. The molecule has 0 saturated heterocycles. The van der Waals surface area contributed by atoms with E-state index in [9.17, 15) is 18.3 Å². The van der Waals surface area contributed by atoms with Crippen LogP contribution in [0.2, 0.25) is 5.02 Å². The zero-order chi connectivity index (χ0) is 24.0. The van der Waals surface area contributed by atoms with Gasteiger partial charge in [0.25, 0.3) is 5.91 Å². The van der Waals surface area contributed by atoms with Gasteiger partial charge >= 0.3 is 0 Å². The van der Waals surface area contributed by atoms with Crippen LogP contribution < -0.4 is 20.5 Å². The molecule has 0 fully saturated rings. The molecule has 0 unspecified atom stereocenters. The number of amides is 1. The molecule has 0 bridgehead atoms. The number of aromatic hydroxyl groups is 1. The largest absolute Gasteiger partial charge is 0.493 e. The van der Waals surface area contributed by atoms with Crippen molar-refractivity contribution in [2.45, 2.75) is 4.90 Å². The third-order valence-corrected chi connectivity index (χ3v) is 7.34. The van der Waals surface area contributed by atoms with Gasteiger partial charge in [0, 0.05) is 10.2 Å². The Morgan fingerprint density at radius 3 is 2.35 bits per heavy atom. The number of hydrogen-bond donors (Lipinski definition) is 2. The third kappa shape index (κ3) is 3.97. The van der Waals surface area contributed by atoms with Crippen molar-refractivity contribution in [2.75, 3.05) is 0 Å². The maximum atomic E-state index is 12.7. The van der Waals surface area contributed by atoms with E-state index in [1.165, 1.54) is 28.8 Å². The Kier molecular flexibility index (Phi) is 5.45. The SMILES string of the molecule is NS(=O)(=O)c1ccc(N=c2sc(C3=c4ccccc4=NC3=O)c(O)n2-c2ccc(Cl)cc2)cc1. The number of thiazole rings is 1. The topological polar surface area (TPSA) is 127 Å². The summed E-state index contributed by atoms with van der Waals surface area (Å²) in [5.41, 5.74) is 1.28. The van der Waals surface area contributed by atoms with Crippen LogP contribution in [-0.4, -0.2) is 24.0 Å². The first-order valence-electron chi connectivity index (χ1n) is 9.83. The lowest BCUT2D eigenvalue weighted by Crippen LogP contribution is -2.22. The highest BCUT2D eigenvalue weighted by Gasteiger charge is 2.26. The maximum Gasteiger partial charge on any atom is 0.279 e. The molecule has 0 radical (unpaired) electrons. The number of benzene rings is 3. The van der Waals surface area contributed by atoms with Gasteiger partial charge < -0.3 is 5.11 Å². The van der Waals surface area contributed by atoms with E-state index in [1.807, 2.05) is 0 Å². The fraction of sp³-hybridized carbons (Fsp3) is 0. The second-order valence-electron chi connectivity index (χ2n) is 7.31. The number of carbonyl (C=O) groups excluding carboxylic acids is 1. The highest BCUT2D eigenvalue weighted by atomic mass is 35.5. The van der Waals surface area contributed by atoms with Crippen LogP contribution in [-0.2, 0) is 14.8 Å². The predicted octanol–water partition coefficient (Wildman–Crippen LogP) is 2.14. The molecule has 11 heteroatoms. The van der Waals surface area contributed by atoms with Crippen LogP contribution in [0.3, 0.4) is 0 Å². The van der Waals surface area contributed by atoms with Crippen LogP contribution in [0.1, 0.15) is 4.88 Å². The number of carbonyl (C=O) groups is 1. The van der Waals surface area contributed by atoms with E-state index in [0.717, 1.165) is 11.3 Å². The molecule has 2 heterocycles. The second-order valence-corrected chi connectivity index (χ2v) is 10.3. The van der Waals surface area contributed by atoms with E-state index in [-0.39, 0.29) is 16.3 Å². The van der Waals surface area contributed by atoms with Gasteiger partial charge in [0.2, 0.25) is 15.9 Å². The molecule has 0 spiro atoms. The van der Waals surface area contributed by atoms with Gasteiger partial charge in [0.15, 0.2) is 4.80 Å². The summed E-state index contributed by atoms with van der Waals surface area (Å²) in [6, 6.07) is 19.5. The van der Waals surface area contributed by atoms with Crippen molar-refractivity contribution in [2.24, 2.45) is 15.1 Å². The average molecular weight is 511 g/mol. The molecule has 1 aromatic heterocycles. The molecule has 8 nitrogen and oxygen atoms in total. The number of fused-ring (bicyclic) bond motifs is 1. The monoisotopic (exact) mass is 510 g/mol. The van der Waals surface area contributed by atoms with Crippen molar-refractivity contribution in [3.05, 3.63) is 98.1 Å². The summed E-state index contributed by atoms with van der Waals surface area (Å²) in [7, 11) is -3.84. The molecule has 0 saturated carbocycles. The Hall–Kier alpha value is -3.57. The smallest absolute Gasteiger partial charge is 0.279 e. The van der Waals surface area contributed by atoms with E-state index >= 15 is 0 Å². The first-order chi connectivity index (χ1) is 16.2. The normalized spacial score (nSPS) is 13.8. The van der Waals surface area contributed by atoms with Crippen molar-refractivity contribution in [3.63, 3.8) is 0 Å². The van der Waals surface area contributed by atoms with Gasteiger partial charge in [-0.2, -0.15) is 0 Å². The zero-order valence-electron chi connectivity index (χ0n) is 17.2. The quantitative estimate of drug-likeness (QED) is 0.436. The molecule has 1 aliphatic heterocycles. The number of rotatable bonds is 4. The van der Waals surface area contributed by atoms with Gasteiger partial charge in [-0.25, -0.2) is 23.5 Å². The first kappa shape index (κ1) is 22.2. The number of hydrogen-bond acceptors (Lipinski definition) is 6. The fourth-order valence-electron chi connectivity index (χ4n) is 3.54. The molecule has 1 aliphatic rings. The molecule has 0 atom stereocenters. The van der Waals surface area contributed by atoms with E-state index in [4.69, 9.17) is 16.7 Å². The molecule has 170 valence electrons. The maximum absolute atomic E-state index is 12.7. The number of aromatic nitrogens is 1. The summed E-state index contributed by atoms with van der Waals surface area (Å²) in [5, 5.41) is 18.1. The minimum Gasteiger partial charge on any atom is -0.493 e. The van der Waals surface area contributed by atoms with Crippen LogP contribution in [0.5, 0.6) is 5.88 Å². The number of sulfonamides is 1. The zero-order valence-corrected chi connectivity index (χ0v) is 19.6. The standard InChI is InChI=1S/C23H15ClN4O4S2/c24-13-5-9-15(10-6-13)28-22(30)20(19-17-3-1-2-4-18(17)27-21(19)29)33-23(28)26-14-7-11-16(12-8-14)34(25,31)32/h1-12,30H,(H2,25,31,32). The molecule has 1 amide bonds. The van der Waals surface area contributed by atoms with Crippen LogP contribution in [0.25, 0.3) is 11.3 Å². The minimum atomic E-state index is -3.84. The molecule has 0 aliphatic carbocycles. The Morgan fingerprint density at radius 2 is 1.68 bits per heavy atom. The predicted molar refractivity (Wildman–Crippen MR) is 128 cm³/mol. The van der Waals surface area contributed by atoms with Gasteiger partial charge in [-0.1, -0.05) is 41.1 Å². The number of nitrogens with zero attached hydrogens (tertiary/aromatic N) is 3. The fourth-order valence-corrected chi connectivity index (χ4v) is 5.28. The van der Waals surface area contributed by atoms with Crippen molar-refractivity contribution in [1.29, 1.82) is 0 Å². The number of nitrogens with two attached hydrogens (primary N) is 1. The van der Waals surface area contributed by atoms with Crippen LogP contribution in [0.15, 0.2) is 87.7 Å². The Morgan fingerprint density at radius 1 is 1.00 bits per heavy atom. The van der Waals surface area contributed by atoms with Crippen molar-refractivity contribution in [1.82, 2.24) is 4.57 Å². The lowest BCUT2D eigenvalue weighted by atomic mass is 10.1. The van der Waals surface area contributed by atoms with Crippen molar-refractivity contribution >= 4 is 50.1 Å². The van der Waals surface area contributed by atoms with Crippen molar-refractivity contribution in [3.8, 4) is 11.6 Å². The molecule has 3 N–H and O–H groups in total.